The maximum Gasteiger partial charge on any atom is 0.406 e. The van der Waals surface area contributed by atoms with Crippen LogP contribution in [0.3, 0.4) is 0 Å². The molecule has 0 aliphatic heterocycles. The van der Waals surface area contributed by atoms with Gasteiger partial charge in [0.15, 0.2) is 0 Å². The van der Waals surface area contributed by atoms with Crippen LogP contribution in [0.25, 0.3) is 16.3 Å². The molecule has 3 aromatic rings. The Morgan fingerprint density at radius 1 is 1.17 bits per heavy atom. The first-order valence-electron chi connectivity index (χ1n) is 8.34. The number of hydrogen-bond acceptors (Lipinski definition) is 5. The Morgan fingerprint density at radius 2 is 1.86 bits per heavy atom. The van der Waals surface area contributed by atoms with Crippen molar-refractivity contribution in [1.29, 1.82) is 0 Å². The van der Waals surface area contributed by atoms with E-state index in [9.17, 15) is 28.1 Å². The topological polar surface area (TPSA) is 76.3 Å². The molecular formula is C19H14F3N3O3S. The maximum atomic E-state index is 13.0. The van der Waals surface area contributed by atoms with Crippen molar-refractivity contribution < 1.29 is 22.9 Å². The number of aromatic nitrogens is 1. The quantitative estimate of drug-likeness (QED) is 0.325. The predicted molar refractivity (Wildman–Crippen MR) is 103 cm³/mol. The van der Waals surface area contributed by atoms with Gasteiger partial charge in [0.1, 0.15) is 11.6 Å². The van der Waals surface area contributed by atoms with Gasteiger partial charge in [-0.2, -0.15) is 13.2 Å². The molecule has 0 bridgehead atoms. The maximum absolute atomic E-state index is 13.0. The molecule has 3 rings (SSSR count). The van der Waals surface area contributed by atoms with E-state index < -0.39 is 30.1 Å². The summed E-state index contributed by atoms with van der Waals surface area (Å²) < 4.78 is 39.8. The van der Waals surface area contributed by atoms with Gasteiger partial charge in [0.2, 0.25) is 5.91 Å². The van der Waals surface area contributed by atoms with E-state index in [1.54, 1.807) is 12.1 Å². The summed E-state index contributed by atoms with van der Waals surface area (Å²) in [7, 11) is 0. The second kappa shape index (κ2) is 8.39. The molecule has 6 nitrogen and oxygen atoms in total. The van der Waals surface area contributed by atoms with E-state index in [4.69, 9.17) is 0 Å². The largest absolute Gasteiger partial charge is 0.406 e. The number of carbonyl (C=O) groups excluding carboxylic acids is 1. The van der Waals surface area contributed by atoms with Crippen LogP contribution in [0.5, 0.6) is 0 Å². The highest BCUT2D eigenvalue weighted by molar-refractivity contribution is 7.19. The molecule has 10 heteroatoms. The molecule has 0 saturated heterocycles. The molecule has 1 amide bonds. The molecule has 29 heavy (non-hydrogen) atoms. The van der Waals surface area contributed by atoms with Crippen molar-refractivity contribution in [2.24, 2.45) is 0 Å². The lowest BCUT2D eigenvalue weighted by molar-refractivity contribution is -0.385. The molecule has 0 spiro atoms. The van der Waals surface area contributed by atoms with Gasteiger partial charge >= 0.3 is 6.18 Å². The molecule has 0 N–H and O–H groups in total. The van der Waals surface area contributed by atoms with Crippen molar-refractivity contribution in [3.63, 3.8) is 0 Å². The SMILES string of the molecule is O=C(/C=C/c1nc2ccccc2s1)N(Cc1ccccc1[N+](=O)[O-])CC(F)(F)F. The number of amides is 1. The number of alkyl halides is 3. The minimum atomic E-state index is -4.65. The molecule has 0 saturated carbocycles. The summed E-state index contributed by atoms with van der Waals surface area (Å²) in [6.45, 7) is -2.07. The molecule has 0 aliphatic carbocycles. The van der Waals surface area contributed by atoms with Crippen molar-refractivity contribution in [2.75, 3.05) is 6.54 Å². The summed E-state index contributed by atoms with van der Waals surface area (Å²) in [5.74, 6) is -0.917. The lowest BCUT2D eigenvalue weighted by Gasteiger charge is -2.22. The van der Waals surface area contributed by atoms with E-state index in [1.165, 1.54) is 41.7 Å². The first kappa shape index (κ1) is 20.5. The number of halogens is 3. The Kier molecular flexibility index (Phi) is 5.92. The van der Waals surface area contributed by atoms with Crippen molar-refractivity contribution in [3.8, 4) is 0 Å². The van der Waals surface area contributed by atoms with Gasteiger partial charge in [0.25, 0.3) is 5.69 Å². The lowest BCUT2D eigenvalue weighted by Crippen LogP contribution is -2.37. The molecule has 0 aliphatic rings. The van der Waals surface area contributed by atoms with Crippen LogP contribution in [-0.2, 0) is 11.3 Å². The standard InChI is InChI=1S/C19H14F3N3O3S/c20-19(21,22)12-24(11-13-5-1-3-7-15(13)25(27)28)18(26)10-9-17-23-14-6-2-4-8-16(14)29-17/h1-10H,11-12H2/b10-9+. The highest BCUT2D eigenvalue weighted by atomic mass is 32.1. The fourth-order valence-corrected chi connectivity index (χ4v) is 3.54. The number of carbonyl (C=O) groups is 1. The van der Waals surface area contributed by atoms with Gasteiger partial charge in [-0.3, -0.25) is 14.9 Å². The average molecular weight is 421 g/mol. The fraction of sp³-hybridized carbons (Fsp3) is 0.158. The number of nitrogens with zero attached hydrogens (tertiary/aromatic N) is 3. The zero-order valence-corrected chi connectivity index (χ0v) is 15.6. The molecule has 2 aromatic carbocycles. The van der Waals surface area contributed by atoms with Gasteiger partial charge in [0.05, 0.1) is 21.7 Å². The van der Waals surface area contributed by atoms with Crippen molar-refractivity contribution >= 4 is 39.2 Å². The Labute approximate surface area is 167 Å². The van der Waals surface area contributed by atoms with Crippen LogP contribution in [-0.4, -0.2) is 33.4 Å². The van der Waals surface area contributed by atoms with E-state index in [0.717, 1.165) is 16.3 Å². The summed E-state index contributed by atoms with van der Waals surface area (Å²) >= 11 is 1.29. The lowest BCUT2D eigenvalue weighted by atomic mass is 10.1. The van der Waals surface area contributed by atoms with Gasteiger partial charge in [-0.05, 0) is 18.2 Å². The van der Waals surface area contributed by atoms with Crippen LogP contribution in [0.1, 0.15) is 10.6 Å². The number of thiazole rings is 1. The average Bonchev–Trinajstić information content (AvgIpc) is 3.07. The van der Waals surface area contributed by atoms with Gasteiger partial charge in [-0.15, -0.1) is 11.3 Å². The molecule has 0 atom stereocenters. The molecule has 150 valence electrons. The Morgan fingerprint density at radius 3 is 2.55 bits per heavy atom. The third-order valence-corrected chi connectivity index (χ3v) is 4.91. The van der Waals surface area contributed by atoms with Crippen LogP contribution in [0, 0.1) is 10.1 Å². The van der Waals surface area contributed by atoms with Crippen molar-refractivity contribution in [1.82, 2.24) is 9.88 Å². The van der Waals surface area contributed by atoms with E-state index in [0.29, 0.717) is 9.91 Å². The summed E-state index contributed by atoms with van der Waals surface area (Å²) in [6.07, 6.45) is -2.31. The number of rotatable bonds is 6. The van der Waals surface area contributed by atoms with Crippen LogP contribution in [0.2, 0.25) is 0 Å². The monoisotopic (exact) mass is 421 g/mol. The highest BCUT2D eigenvalue weighted by Crippen LogP contribution is 2.25. The normalized spacial score (nSPS) is 11.8. The van der Waals surface area contributed by atoms with E-state index in [2.05, 4.69) is 4.98 Å². The zero-order valence-electron chi connectivity index (χ0n) is 14.8. The molecule has 1 aromatic heterocycles. The highest BCUT2D eigenvalue weighted by Gasteiger charge is 2.33. The number of para-hydroxylation sites is 2. The Hall–Kier alpha value is -3.27. The number of benzene rings is 2. The smallest absolute Gasteiger partial charge is 0.325 e. The number of hydrogen-bond donors (Lipinski definition) is 0. The summed E-state index contributed by atoms with van der Waals surface area (Å²) in [4.78, 5) is 27.7. The molecule has 0 fully saturated rings. The Bertz CT molecular complexity index is 1050. The van der Waals surface area contributed by atoms with Crippen LogP contribution >= 0.6 is 11.3 Å². The van der Waals surface area contributed by atoms with Crippen LogP contribution in [0.4, 0.5) is 18.9 Å². The van der Waals surface area contributed by atoms with Crippen LogP contribution < -0.4 is 0 Å². The van der Waals surface area contributed by atoms with Gasteiger partial charge in [0, 0.05) is 17.7 Å². The molecule has 1 heterocycles. The molecular weight excluding hydrogens is 407 g/mol. The zero-order chi connectivity index (χ0) is 21.0. The minimum absolute atomic E-state index is 0.0171. The predicted octanol–water partition coefficient (Wildman–Crippen LogP) is 4.81. The van der Waals surface area contributed by atoms with E-state index in [1.807, 2.05) is 12.1 Å². The number of fused-ring (bicyclic) bond motifs is 1. The minimum Gasteiger partial charge on any atom is -0.325 e. The third-order valence-electron chi connectivity index (χ3n) is 3.91. The van der Waals surface area contributed by atoms with E-state index >= 15 is 0 Å². The van der Waals surface area contributed by atoms with Gasteiger partial charge in [-0.1, -0.05) is 30.3 Å². The van der Waals surface area contributed by atoms with E-state index in [-0.39, 0.29) is 11.3 Å². The second-order valence-corrected chi connectivity index (χ2v) is 7.11. The summed E-state index contributed by atoms with van der Waals surface area (Å²) in [5.41, 5.74) is 0.391. The van der Waals surface area contributed by atoms with Gasteiger partial charge in [-0.25, -0.2) is 4.98 Å². The molecule has 0 unspecified atom stereocenters. The molecule has 0 radical (unpaired) electrons. The van der Waals surface area contributed by atoms with Crippen molar-refractivity contribution in [3.05, 3.63) is 75.3 Å². The Balaban J connectivity index is 1.84. The summed E-state index contributed by atoms with van der Waals surface area (Å²) in [6, 6.07) is 12.6. The third kappa shape index (κ3) is 5.38. The fourth-order valence-electron chi connectivity index (χ4n) is 2.67. The first-order chi connectivity index (χ1) is 13.7. The van der Waals surface area contributed by atoms with Crippen LogP contribution in [0.15, 0.2) is 54.6 Å². The number of nitro benzene ring substituents is 1. The van der Waals surface area contributed by atoms with Gasteiger partial charge < -0.3 is 4.90 Å². The first-order valence-corrected chi connectivity index (χ1v) is 9.16. The second-order valence-electron chi connectivity index (χ2n) is 6.05. The number of nitro groups is 1. The van der Waals surface area contributed by atoms with Crippen molar-refractivity contribution in [2.45, 2.75) is 12.7 Å². The summed E-state index contributed by atoms with van der Waals surface area (Å²) in [5, 5.41) is 11.6.